The van der Waals surface area contributed by atoms with Crippen LogP contribution in [0, 0.1) is 11.8 Å². The van der Waals surface area contributed by atoms with Gasteiger partial charge >= 0.3 is 5.97 Å². The van der Waals surface area contributed by atoms with Crippen LogP contribution in [0.4, 0.5) is 0 Å². The van der Waals surface area contributed by atoms with Crippen molar-refractivity contribution in [3.8, 4) is 5.75 Å². The van der Waals surface area contributed by atoms with Crippen molar-refractivity contribution in [1.29, 1.82) is 0 Å². The van der Waals surface area contributed by atoms with Gasteiger partial charge in [-0.3, -0.25) is 4.79 Å². The molecule has 0 aromatic heterocycles. The summed E-state index contributed by atoms with van der Waals surface area (Å²) in [5.74, 6) is 0.113. The number of hydrogen-bond donors (Lipinski definition) is 1. The number of primary amides is 1. The third-order valence-electron chi connectivity index (χ3n) is 3.82. The molecule has 5 nitrogen and oxygen atoms in total. The second kappa shape index (κ2) is 7.64. The molecule has 22 heavy (non-hydrogen) atoms. The fourth-order valence-corrected chi connectivity index (χ4v) is 2.41. The Hall–Kier alpha value is -2.30. The summed E-state index contributed by atoms with van der Waals surface area (Å²) in [5.41, 5.74) is 5.36. The van der Waals surface area contributed by atoms with E-state index in [0.29, 0.717) is 29.8 Å². The molecule has 1 aromatic carbocycles. The van der Waals surface area contributed by atoms with Gasteiger partial charge in [0.15, 0.2) is 6.61 Å². The summed E-state index contributed by atoms with van der Waals surface area (Å²) in [4.78, 5) is 23.0. The largest absolute Gasteiger partial charge is 0.483 e. The fourth-order valence-electron chi connectivity index (χ4n) is 2.41. The topological polar surface area (TPSA) is 78.6 Å². The second-order valence-corrected chi connectivity index (χ2v) is 5.53. The van der Waals surface area contributed by atoms with Crippen LogP contribution in [0.25, 0.3) is 0 Å². The highest BCUT2D eigenvalue weighted by Crippen LogP contribution is 2.26. The highest BCUT2D eigenvalue weighted by molar-refractivity contribution is 5.92. The maximum atomic E-state index is 12.2. The highest BCUT2D eigenvalue weighted by Gasteiger charge is 2.21. The molecule has 5 heteroatoms. The standard InChI is InChI=1S/C17H21NO4/c1-12-6-2-3-7-13(12)10-22-17(20)14-8-4-5-9-15(14)21-11-16(18)19/h2-5,8-9,12-13H,6-7,10-11H2,1H3,(H2,18,19). The number of para-hydroxylation sites is 1. The third kappa shape index (κ3) is 4.35. The van der Waals surface area contributed by atoms with Crippen molar-refractivity contribution in [2.24, 2.45) is 17.6 Å². The zero-order valence-electron chi connectivity index (χ0n) is 12.7. The minimum atomic E-state index is -0.592. The highest BCUT2D eigenvalue weighted by atomic mass is 16.5. The number of esters is 1. The maximum absolute atomic E-state index is 12.2. The fraction of sp³-hybridized carbons (Fsp3) is 0.412. The van der Waals surface area contributed by atoms with Gasteiger partial charge in [0.25, 0.3) is 5.91 Å². The Morgan fingerprint density at radius 2 is 1.95 bits per heavy atom. The van der Waals surface area contributed by atoms with E-state index in [9.17, 15) is 9.59 Å². The van der Waals surface area contributed by atoms with Crippen molar-refractivity contribution in [3.63, 3.8) is 0 Å². The molecule has 0 aliphatic heterocycles. The maximum Gasteiger partial charge on any atom is 0.341 e. The van der Waals surface area contributed by atoms with Crippen molar-refractivity contribution in [2.75, 3.05) is 13.2 Å². The van der Waals surface area contributed by atoms with Gasteiger partial charge in [-0.2, -0.15) is 0 Å². The summed E-state index contributed by atoms with van der Waals surface area (Å²) in [5, 5.41) is 0. The number of benzene rings is 1. The minimum absolute atomic E-state index is 0.269. The number of ether oxygens (including phenoxy) is 2. The van der Waals surface area contributed by atoms with Crippen LogP contribution in [0.5, 0.6) is 5.75 Å². The molecule has 0 bridgehead atoms. The molecule has 0 radical (unpaired) electrons. The van der Waals surface area contributed by atoms with Crippen molar-refractivity contribution in [1.82, 2.24) is 0 Å². The molecule has 118 valence electrons. The second-order valence-electron chi connectivity index (χ2n) is 5.53. The SMILES string of the molecule is CC1CC=CCC1COC(=O)c1ccccc1OCC(N)=O. The number of hydrogen-bond acceptors (Lipinski definition) is 4. The molecule has 1 aliphatic carbocycles. The molecular weight excluding hydrogens is 282 g/mol. The van der Waals surface area contributed by atoms with Gasteiger partial charge in [-0.1, -0.05) is 31.2 Å². The van der Waals surface area contributed by atoms with E-state index in [1.54, 1.807) is 24.3 Å². The van der Waals surface area contributed by atoms with Crippen LogP contribution in [-0.4, -0.2) is 25.1 Å². The predicted molar refractivity (Wildman–Crippen MR) is 82.4 cm³/mol. The molecule has 0 fully saturated rings. The van der Waals surface area contributed by atoms with Crippen LogP contribution in [0.2, 0.25) is 0 Å². The summed E-state index contributed by atoms with van der Waals surface area (Å²) in [7, 11) is 0. The first-order chi connectivity index (χ1) is 10.6. The zero-order valence-corrected chi connectivity index (χ0v) is 12.7. The van der Waals surface area contributed by atoms with E-state index >= 15 is 0 Å². The first-order valence-electron chi connectivity index (χ1n) is 7.40. The average molecular weight is 303 g/mol. The summed E-state index contributed by atoms with van der Waals surface area (Å²) < 4.78 is 10.7. The predicted octanol–water partition coefficient (Wildman–Crippen LogP) is 2.31. The smallest absolute Gasteiger partial charge is 0.341 e. The minimum Gasteiger partial charge on any atom is -0.483 e. The van der Waals surface area contributed by atoms with Gasteiger partial charge in [0, 0.05) is 0 Å². The van der Waals surface area contributed by atoms with E-state index in [4.69, 9.17) is 15.2 Å². The van der Waals surface area contributed by atoms with E-state index in [-0.39, 0.29) is 6.61 Å². The Bertz CT molecular complexity index is 568. The van der Waals surface area contributed by atoms with Gasteiger partial charge in [0.1, 0.15) is 11.3 Å². The number of carbonyl (C=O) groups excluding carboxylic acids is 2. The molecule has 1 aliphatic rings. The molecule has 2 unspecified atom stereocenters. The van der Waals surface area contributed by atoms with Crippen molar-refractivity contribution in [3.05, 3.63) is 42.0 Å². The molecule has 0 saturated carbocycles. The van der Waals surface area contributed by atoms with Gasteiger partial charge in [0.05, 0.1) is 6.61 Å². The Balaban J connectivity index is 1.97. The van der Waals surface area contributed by atoms with Crippen LogP contribution >= 0.6 is 0 Å². The van der Waals surface area contributed by atoms with Crippen LogP contribution in [0.1, 0.15) is 30.1 Å². The van der Waals surface area contributed by atoms with Gasteiger partial charge in [0.2, 0.25) is 0 Å². The van der Waals surface area contributed by atoms with E-state index in [2.05, 4.69) is 19.1 Å². The Labute approximate surface area is 130 Å². The van der Waals surface area contributed by atoms with E-state index < -0.39 is 11.9 Å². The Morgan fingerprint density at radius 1 is 1.23 bits per heavy atom. The number of carbonyl (C=O) groups is 2. The molecule has 2 rings (SSSR count). The van der Waals surface area contributed by atoms with E-state index in [0.717, 1.165) is 12.8 Å². The first-order valence-corrected chi connectivity index (χ1v) is 7.40. The van der Waals surface area contributed by atoms with Crippen molar-refractivity contribution in [2.45, 2.75) is 19.8 Å². The third-order valence-corrected chi connectivity index (χ3v) is 3.82. The molecular formula is C17H21NO4. The molecule has 1 amide bonds. The number of amides is 1. The van der Waals surface area contributed by atoms with Crippen molar-refractivity contribution >= 4 is 11.9 Å². The number of allylic oxidation sites excluding steroid dienone is 2. The lowest BCUT2D eigenvalue weighted by Gasteiger charge is -2.24. The lowest BCUT2D eigenvalue weighted by Crippen LogP contribution is -2.23. The monoisotopic (exact) mass is 303 g/mol. The lowest BCUT2D eigenvalue weighted by atomic mass is 9.85. The van der Waals surface area contributed by atoms with Gasteiger partial charge in [-0.05, 0) is 36.8 Å². The molecule has 0 heterocycles. The molecule has 2 N–H and O–H groups in total. The molecule has 1 aromatic rings. The molecule has 2 atom stereocenters. The van der Waals surface area contributed by atoms with Crippen LogP contribution in [-0.2, 0) is 9.53 Å². The Kier molecular flexibility index (Phi) is 5.58. The lowest BCUT2D eigenvalue weighted by molar-refractivity contribution is -0.119. The summed E-state index contributed by atoms with van der Waals surface area (Å²) >= 11 is 0. The van der Waals surface area contributed by atoms with E-state index in [1.165, 1.54) is 0 Å². The van der Waals surface area contributed by atoms with Crippen LogP contribution in [0.3, 0.4) is 0 Å². The van der Waals surface area contributed by atoms with Gasteiger partial charge in [-0.15, -0.1) is 0 Å². The van der Waals surface area contributed by atoms with Gasteiger partial charge in [-0.25, -0.2) is 4.79 Å². The Morgan fingerprint density at radius 3 is 2.68 bits per heavy atom. The number of nitrogens with two attached hydrogens (primary N) is 1. The molecule has 0 spiro atoms. The summed E-state index contributed by atoms with van der Waals surface area (Å²) in [6.07, 6.45) is 6.23. The summed E-state index contributed by atoms with van der Waals surface area (Å²) in [6.45, 7) is 2.27. The normalized spacial score (nSPS) is 20.4. The van der Waals surface area contributed by atoms with Gasteiger partial charge < -0.3 is 15.2 Å². The quantitative estimate of drug-likeness (QED) is 0.646. The first kappa shape index (κ1) is 16.1. The average Bonchev–Trinajstić information content (AvgIpc) is 2.52. The van der Waals surface area contributed by atoms with Crippen LogP contribution < -0.4 is 10.5 Å². The van der Waals surface area contributed by atoms with Crippen LogP contribution in [0.15, 0.2) is 36.4 Å². The van der Waals surface area contributed by atoms with Crippen molar-refractivity contribution < 1.29 is 19.1 Å². The summed E-state index contributed by atoms with van der Waals surface area (Å²) in [6, 6.07) is 6.68. The number of rotatable bonds is 6. The molecule has 0 saturated heterocycles. The van der Waals surface area contributed by atoms with E-state index in [1.807, 2.05) is 0 Å². The zero-order chi connectivity index (χ0) is 15.9.